The second-order valence-corrected chi connectivity index (χ2v) is 5.54. The topological polar surface area (TPSA) is 79.4 Å². The fraction of sp³-hybridized carbons (Fsp3) is 0.375. The molecule has 2 aromatic rings. The summed E-state index contributed by atoms with van der Waals surface area (Å²) in [6.45, 7) is 0.640. The van der Waals surface area contributed by atoms with Crippen LogP contribution in [0.3, 0.4) is 0 Å². The van der Waals surface area contributed by atoms with Crippen molar-refractivity contribution in [3.05, 3.63) is 30.0 Å². The highest BCUT2D eigenvalue weighted by atomic mass is 19.3. The quantitative estimate of drug-likeness (QED) is 0.764. The largest absolute Gasteiger partial charge is 0.496 e. The van der Waals surface area contributed by atoms with Gasteiger partial charge in [0.05, 0.1) is 18.7 Å². The Morgan fingerprint density at radius 1 is 1.39 bits per heavy atom. The summed E-state index contributed by atoms with van der Waals surface area (Å²) in [5.74, 6) is -5.95. The third kappa shape index (κ3) is 4.06. The SMILES string of the molecule is COc1cccc2[nH]c(C(=O)CC(CC(C)(F)F)C(=O)O)cc12. The molecule has 0 saturated carbocycles. The maximum atomic E-state index is 13.1. The molecule has 0 aliphatic heterocycles. The first kappa shape index (κ1) is 16.9. The van der Waals surface area contributed by atoms with Crippen LogP contribution in [0.5, 0.6) is 5.75 Å². The van der Waals surface area contributed by atoms with E-state index in [2.05, 4.69) is 4.98 Å². The van der Waals surface area contributed by atoms with Crippen molar-refractivity contribution in [1.29, 1.82) is 0 Å². The molecular formula is C16H17F2NO4. The molecule has 0 radical (unpaired) electrons. The first-order valence-electron chi connectivity index (χ1n) is 7.01. The number of alkyl halides is 2. The van der Waals surface area contributed by atoms with Crippen molar-refractivity contribution < 1.29 is 28.2 Å². The zero-order chi connectivity index (χ0) is 17.2. The van der Waals surface area contributed by atoms with Crippen molar-refractivity contribution in [3.63, 3.8) is 0 Å². The molecule has 0 amide bonds. The van der Waals surface area contributed by atoms with Crippen LogP contribution in [0.2, 0.25) is 0 Å². The highest BCUT2D eigenvalue weighted by Crippen LogP contribution is 2.29. The van der Waals surface area contributed by atoms with Gasteiger partial charge in [0.2, 0.25) is 5.92 Å². The van der Waals surface area contributed by atoms with Crippen LogP contribution in [0.4, 0.5) is 8.78 Å². The van der Waals surface area contributed by atoms with Crippen LogP contribution in [0, 0.1) is 5.92 Å². The number of ketones is 1. The molecular weight excluding hydrogens is 308 g/mol. The number of rotatable bonds is 7. The van der Waals surface area contributed by atoms with Gasteiger partial charge in [0, 0.05) is 23.7 Å². The number of benzene rings is 1. The monoisotopic (exact) mass is 325 g/mol. The number of Topliss-reactive ketones (excluding diaryl/α,β-unsaturated/α-hetero) is 1. The molecule has 124 valence electrons. The summed E-state index contributed by atoms with van der Waals surface area (Å²) in [5.41, 5.74) is 0.829. The lowest BCUT2D eigenvalue weighted by Gasteiger charge is -2.16. The van der Waals surface area contributed by atoms with Gasteiger partial charge in [-0.25, -0.2) is 8.78 Å². The van der Waals surface area contributed by atoms with Gasteiger partial charge in [-0.2, -0.15) is 0 Å². The molecule has 23 heavy (non-hydrogen) atoms. The zero-order valence-electron chi connectivity index (χ0n) is 12.7. The Labute approximate surface area is 131 Å². The molecule has 1 aromatic heterocycles. The summed E-state index contributed by atoms with van der Waals surface area (Å²) in [6, 6.07) is 6.74. The number of aromatic nitrogens is 1. The van der Waals surface area contributed by atoms with Crippen LogP contribution in [0.1, 0.15) is 30.3 Å². The van der Waals surface area contributed by atoms with Gasteiger partial charge in [0.15, 0.2) is 5.78 Å². The minimum atomic E-state index is -3.15. The third-order valence-corrected chi connectivity index (χ3v) is 3.53. The van der Waals surface area contributed by atoms with Crippen molar-refractivity contribution >= 4 is 22.7 Å². The minimum absolute atomic E-state index is 0.176. The van der Waals surface area contributed by atoms with E-state index in [-0.39, 0.29) is 5.69 Å². The number of hydrogen-bond donors (Lipinski definition) is 2. The molecule has 2 rings (SSSR count). The molecule has 5 nitrogen and oxygen atoms in total. The number of fused-ring (bicyclic) bond motifs is 1. The second-order valence-electron chi connectivity index (χ2n) is 5.54. The Morgan fingerprint density at radius 3 is 2.65 bits per heavy atom. The second kappa shape index (κ2) is 6.36. The number of nitrogens with one attached hydrogen (secondary N) is 1. The average Bonchev–Trinajstić information content (AvgIpc) is 2.88. The van der Waals surface area contributed by atoms with Gasteiger partial charge in [0.1, 0.15) is 5.75 Å². The molecule has 0 bridgehead atoms. The normalized spacial score (nSPS) is 13.0. The van der Waals surface area contributed by atoms with Crippen molar-refractivity contribution in [2.75, 3.05) is 7.11 Å². The first-order chi connectivity index (χ1) is 10.7. The smallest absolute Gasteiger partial charge is 0.307 e. The predicted molar refractivity (Wildman–Crippen MR) is 80.2 cm³/mol. The van der Waals surface area contributed by atoms with E-state index in [1.54, 1.807) is 24.3 Å². The van der Waals surface area contributed by atoms with Crippen molar-refractivity contribution in [3.8, 4) is 5.75 Å². The van der Waals surface area contributed by atoms with Gasteiger partial charge in [-0.15, -0.1) is 0 Å². The molecule has 1 heterocycles. The van der Waals surface area contributed by atoms with Crippen LogP contribution in [0.15, 0.2) is 24.3 Å². The zero-order valence-corrected chi connectivity index (χ0v) is 12.7. The minimum Gasteiger partial charge on any atom is -0.496 e. The van der Waals surface area contributed by atoms with E-state index in [0.717, 1.165) is 0 Å². The van der Waals surface area contributed by atoms with Crippen LogP contribution in [-0.4, -0.2) is 34.9 Å². The lowest BCUT2D eigenvalue weighted by Crippen LogP contribution is -2.25. The summed E-state index contributed by atoms with van der Waals surface area (Å²) in [4.78, 5) is 26.2. The van der Waals surface area contributed by atoms with Gasteiger partial charge >= 0.3 is 5.97 Å². The number of H-pyrrole nitrogens is 1. The fourth-order valence-corrected chi connectivity index (χ4v) is 2.47. The average molecular weight is 325 g/mol. The van der Waals surface area contributed by atoms with E-state index in [1.807, 2.05) is 0 Å². The van der Waals surface area contributed by atoms with Crippen molar-refractivity contribution in [2.45, 2.75) is 25.7 Å². The number of ether oxygens (including phenoxy) is 1. The predicted octanol–water partition coefficient (Wildman–Crippen LogP) is 3.50. The van der Waals surface area contributed by atoms with Crippen LogP contribution in [0.25, 0.3) is 10.9 Å². The summed E-state index contributed by atoms with van der Waals surface area (Å²) in [5, 5.41) is 9.71. The van der Waals surface area contributed by atoms with E-state index in [4.69, 9.17) is 9.84 Å². The molecule has 1 aromatic carbocycles. The number of carbonyl (C=O) groups is 2. The van der Waals surface area contributed by atoms with Gasteiger partial charge in [-0.05, 0) is 25.1 Å². The number of methoxy groups -OCH3 is 1. The van der Waals surface area contributed by atoms with E-state index >= 15 is 0 Å². The number of halogens is 2. The summed E-state index contributed by atoms with van der Waals surface area (Å²) < 4.78 is 31.3. The number of aliphatic carboxylic acids is 1. The Bertz CT molecular complexity index is 733. The molecule has 0 aliphatic rings. The van der Waals surface area contributed by atoms with E-state index in [1.165, 1.54) is 7.11 Å². The Morgan fingerprint density at radius 2 is 2.09 bits per heavy atom. The van der Waals surface area contributed by atoms with Crippen LogP contribution >= 0.6 is 0 Å². The maximum absolute atomic E-state index is 13.1. The molecule has 7 heteroatoms. The summed E-state index contributed by atoms with van der Waals surface area (Å²) in [6.07, 6.45) is -1.37. The Kier molecular flexibility index (Phi) is 4.68. The molecule has 0 spiro atoms. The molecule has 2 N–H and O–H groups in total. The fourth-order valence-electron chi connectivity index (χ4n) is 2.47. The highest BCUT2D eigenvalue weighted by Gasteiger charge is 2.33. The van der Waals surface area contributed by atoms with E-state index in [9.17, 15) is 18.4 Å². The van der Waals surface area contributed by atoms with Gasteiger partial charge in [-0.3, -0.25) is 9.59 Å². The molecule has 0 fully saturated rings. The summed E-state index contributed by atoms with van der Waals surface area (Å²) in [7, 11) is 1.49. The van der Waals surface area contributed by atoms with Gasteiger partial charge in [-0.1, -0.05) is 6.07 Å². The van der Waals surface area contributed by atoms with Gasteiger partial charge in [0.25, 0.3) is 0 Å². The number of hydrogen-bond acceptors (Lipinski definition) is 3. The molecule has 1 atom stereocenters. The number of aromatic amines is 1. The molecule has 0 saturated heterocycles. The number of carboxylic acid groups (broad SMARTS) is 1. The standard InChI is InChI=1S/C16H17F2NO4/c1-16(17,18)8-9(15(21)22)6-13(20)12-7-10-11(19-12)4-3-5-14(10)23-2/h3-5,7,9,19H,6,8H2,1-2H3,(H,21,22). The molecule has 1 unspecified atom stereocenters. The Hall–Kier alpha value is -2.44. The molecule has 0 aliphatic carbocycles. The van der Waals surface area contributed by atoms with E-state index in [0.29, 0.717) is 23.6 Å². The summed E-state index contributed by atoms with van der Waals surface area (Å²) >= 11 is 0. The van der Waals surface area contributed by atoms with E-state index < -0.39 is 36.4 Å². The highest BCUT2D eigenvalue weighted by molar-refractivity contribution is 6.02. The van der Waals surface area contributed by atoms with Crippen molar-refractivity contribution in [1.82, 2.24) is 4.98 Å². The lowest BCUT2D eigenvalue weighted by molar-refractivity contribution is -0.144. The number of carbonyl (C=O) groups excluding carboxylic acids is 1. The first-order valence-corrected chi connectivity index (χ1v) is 7.01. The van der Waals surface area contributed by atoms with Gasteiger partial charge < -0.3 is 14.8 Å². The van der Waals surface area contributed by atoms with Crippen LogP contribution < -0.4 is 4.74 Å². The van der Waals surface area contributed by atoms with Crippen LogP contribution in [-0.2, 0) is 4.79 Å². The third-order valence-electron chi connectivity index (χ3n) is 3.53. The number of carboxylic acids is 1. The van der Waals surface area contributed by atoms with Crippen molar-refractivity contribution in [2.24, 2.45) is 5.92 Å². The maximum Gasteiger partial charge on any atom is 0.307 e. The Balaban J connectivity index is 2.24. The lowest BCUT2D eigenvalue weighted by atomic mass is 9.95.